The smallest absolute Gasteiger partial charge is 0.450 e. The maximum atomic E-state index is 10.6. The molecule has 0 spiro atoms. The molecule has 76 valence electrons. The molecular weight excluding hydrogens is 174 g/mol. The van der Waals surface area contributed by atoms with E-state index in [1.807, 2.05) is 20.8 Å². The van der Waals surface area contributed by atoms with E-state index in [1.165, 1.54) is 6.08 Å². The van der Waals surface area contributed by atoms with Gasteiger partial charge in [0.15, 0.2) is 0 Å². The van der Waals surface area contributed by atoms with Crippen molar-refractivity contribution in [1.82, 2.24) is 5.32 Å². The van der Waals surface area contributed by atoms with Gasteiger partial charge in [-0.05, 0) is 26.8 Å². The van der Waals surface area contributed by atoms with Gasteiger partial charge in [0.2, 0.25) is 5.91 Å². The molecule has 0 aromatic carbocycles. The lowest BCUT2D eigenvalue weighted by Crippen LogP contribution is -2.39. The molecular formula is C8H15NO4. The lowest BCUT2D eigenvalue weighted by atomic mass is 10.1. The Morgan fingerprint density at radius 2 is 1.62 bits per heavy atom. The minimum absolute atomic E-state index is 0.123. The highest BCUT2D eigenvalue weighted by Gasteiger charge is 2.10. The molecule has 5 heteroatoms. The zero-order valence-corrected chi connectivity index (χ0v) is 8.00. The molecule has 1 amide bonds. The predicted molar refractivity (Wildman–Crippen MR) is 48.7 cm³/mol. The van der Waals surface area contributed by atoms with Gasteiger partial charge in [-0.15, -0.1) is 0 Å². The largest absolute Gasteiger partial charge is 0.503 e. The van der Waals surface area contributed by atoms with E-state index >= 15 is 0 Å². The second kappa shape index (κ2) is 6.05. The third kappa shape index (κ3) is 25.1. The molecule has 0 aromatic rings. The monoisotopic (exact) mass is 189 g/mol. The van der Waals surface area contributed by atoms with Gasteiger partial charge in [0, 0.05) is 5.54 Å². The molecule has 0 aliphatic heterocycles. The topological polar surface area (TPSA) is 86.6 Å². The van der Waals surface area contributed by atoms with Gasteiger partial charge in [0.05, 0.1) is 0 Å². The van der Waals surface area contributed by atoms with Crippen LogP contribution in [0.25, 0.3) is 0 Å². The molecule has 3 N–H and O–H groups in total. The first kappa shape index (κ1) is 14.0. The van der Waals surface area contributed by atoms with Gasteiger partial charge in [-0.25, -0.2) is 4.79 Å². The molecule has 0 aromatic heterocycles. The van der Waals surface area contributed by atoms with Crippen molar-refractivity contribution in [3.05, 3.63) is 12.7 Å². The van der Waals surface area contributed by atoms with E-state index in [2.05, 4.69) is 11.9 Å². The minimum atomic E-state index is -1.83. The van der Waals surface area contributed by atoms with Crippen LogP contribution in [-0.4, -0.2) is 27.8 Å². The lowest BCUT2D eigenvalue weighted by molar-refractivity contribution is -0.117. The van der Waals surface area contributed by atoms with Crippen molar-refractivity contribution in [3.63, 3.8) is 0 Å². The summed E-state index contributed by atoms with van der Waals surface area (Å²) in [7, 11) is 0. The average Bonchev–Trinajstić information content (AvgIpc) is 1.82. The number of carboxylic acid groups (broad SMARTS) is 2. The highest BCUT2D eigenvalue weighted by atomic mass is 16.6. The third-order valence-corrected chi connectivity index (χ3v) is 0.684. The van der Waals surface area contributed by atoms with Crippen molar-refractivity contribution in [2.45, 2.75) is 26.3 Å². The summed E-state index contributed by atoms with van der Waals surface area (Å²) in [5.74, 6) is -0.123. The van der Waals surface area contributed by atoms with E-state index in [4.69, 9.17) is 15.0 Å². The van der Waals surface area contributed by atoms with Crippen molar-refractivity contribution in [3.8, 4) is 0 Å². The Kier molecular flexibility index (Phi) is 6.53. The first-order valence-electron chi connectivity index (χ1n) is 3.55. The van der Waals surface area contributed by atoms with E-state index in [0.717, 1.165) is 0 Å². The SMILES string of the molecule is C=CC(=O)NC(C)(C)C.O=C(O)O. The number of amides is 1. The fourth-order valence-corrected chi connectivity index (χ4v) is 0.421. The molecule has 0 bridgehead atoms. The number of carbonyl (C=O) groups excluding carboxylic acids is 1. The molecule has 0 saturated heterocycles. The van der Waals surface area contributed by atoms with Crippen LogP contribution < -0.4 is 5.32 Å². The molecule has 0 fully saturated rings. The van der Waals surface area contributed by atoms with Crippen LogP contribution >= 0.6 is 0 Å². The van der Waals surface area contributed by atoms with E-state index in [1.54, 1.807) is 0 Å². The second-order valence-electron chi connectivity index (χ2n) is 3.23. The molecule has 0 heterocycles. The molecule has 0 radical (unpaired) electrons. The fraction of sp³-hybridized carbons (Fsp3) is 0.500. The van der Waals surface area contributed by atoms with Crippen molar-refractivity contribution in [2.75, 3.05) is 0 Å². The Morgan fingerprint density at radius 1 is 1.31 bits per heavy atom. The van der Waals surface area contributed by atoms with Crippen LogP contribution in [0.1, 0.15) is 20.8 Å². The Bertz CT molecular complexity index is 189. The average molecular weight is 189 g/mol. The highest BCUT2D eigenvalue weighted by molar-refractivity contribution is 5.87. The minimum Gasteiger partial charge on any atom is -0.450 e. The van der Waals surface area contributed by atoms with Gasteiger partial charge in [0.25, 0.3) is 0 Å². The number of carbonyl (C=O) groups is 2. The number of hydrogen-bond donors (Lipinski definition) is 3. The van der Waals surface area contributed by atoms with Gasteiger partial charge in [0.1, 0.15) is 0 Å². The van der Waals surface area contributed by atoms with Crippen molar-refractivity contribution >= 4 is 12.1 Å². The highest BCUT2D eigenvalue weighted by Crippen LogP contribution is 1.97. The fourth-order valence-electron chi connectivity index (χ4n) is 0.421. The maximum absolute atomic E-state index is 10.6. The molecule has 0 aliphatic rings. The first-order valence-corrected chi connectivity index (χ1v) is 3.55. The predicted octanol–water partition coefficient (Wildman–Crippen LogP) is 1.31. The molecule has 5 nitrogen and oxygen atoms in total. The summed E-state index contributed by atoms with van der Waals surface area (Å²) in [6, 6.07) is 0. The summed E-state index contributed by atoms with van der Waals surface area (Å²) < 4.78 is 0. The van der Waals surface area contributed by atoms with E-state index < -0.39 is 6.16 Å². The number of rotatable bonds is 1. The quantitative estimate of drug-likeness (QED) is 0.543. The first-order chi connectivity index (χ1) is 5.69. The molecule has 0 saturated carbocycles. The second-order valence-corrected chi connectivity index (χ2v) is 3.23. The van der Waals surface area contributed by atoms with Gasteiger partial charge in [-0.3, -0.25) is 4.79 Å². The van der Waals surface area contributed by atoms with Crippen LogP contribution in [-0.2, 0) is 4.79 Å². The Labute approximate surface area is 77.1 Å². The standard InChI is InChI=1S/C7H13NO.CH2O3/c1-5-6(9)8-7(2,3)4;2-1(3)4/h5H,1H2,2-4H3,(H,8,9);(H2,2,3,4). The van der Waals surface area contributed by atoms with Gasteiger partial charge >= 0.3 is 6.16 Å². The van der Waals surface area contributed by atoms with Gasteiger partial charge in [-0.1, -0.05) is 6.58 Å². The number of nitrogens with one attached hydrogen (secondary N) is 1. The van der Waals surface area contributed by atoms with E-state index in [-0.39, 0.29) is 11.4 Å². The van der Waals surface area contributed by atoms with Crippen molar-refractivity contribution < 1.29 is 19.8 Å². The molecule has 0 aliphatic carbocycles. The van der Waals surface area contributed by atoms with Gasteiger partial charge < -0.3 is 15.5 Å². The van der Waals surface area contributed by atoms with Gasteiger partial charge in [-0.2, -0.15) is 0 Å². The molecule has 0 rings (SSSR count). The van der Waals surface area contributed by atoms with Crippen LogP contribution in [0.15, 0.2) is 12.7 Å². The van der Waals surface area contributed by atoms with E-state index in [0.29, 0.717) is 0 Å². The van der Waals surface area contributed by atoms with Crippen LogP contribution in [0.3, 0.4) is 0 Å². The summed E-state index contributed by atoms with van der Waals surface area (Å²) >= 11 is 0. The van der Waals surface area contributed by atoms with Crippen molar-refractivity contribution in [1.29, 1.82) is 0 Å². The summed E-state index contributed by atoms with van der Waals surface area (Å²) in [6.45, 7) is 9.11. The summed E-state index contributed by atoms with van der Waals surface area (Å²) in [5, 5.41) is 16.7. The Morgan fingerprint density at radius 3 is 1.69 bits per heavy atom. The maximum Gasteiger partial charge on any atom is 0.503 e. The zero-order valence-electron chi connectivity index (χ0n) is 8.00. The Balaban J connectivity index is 0. The summed E-state index contributed by atoms with van der Waals surface area (Å²) in [6.07, 6.45) is -0.564. The lowest BCUT2D eigenvalue weighted by Gasteiger charge is -2.18. The third-order valence-electron chi connectivity index (χ3n) is 0.684. The van der Waals surface area contributed by atoms with E-state index in [9.17, 15) is 4.79 Å². The summed E-state index contributed by atoms with van der Waals surface area (Å²) in [5.41, 5.74) is -0.148. The Hall–Kier alpha value is -1.52. The van der Waals surface area contributed by atoms with Crippen LogP contribution in [0, 0.1) is 0 Å². The van der Waals surface area contributed by atoms with Crippen LogP contribution in [0.5, 0.6) is 0 Å². The summed E-state index contributed by atoms with van der Waals surface area (Å²) in [4.78, 5) is 19.2. The molecule has 13 heavy (non-hydrogen) atoms. The normalized spacial score (nSPS) is 9.15. The molecule has 0 unspecified atom stereocenters. The van der Waals surface area contributed by atoms with Crippen LogP contribution in [0.4, 0.5) is 4.79 Å². The zero-order chi connectivity index (χ0) is 11.1. The van der Waals surface area contributed by atoms with Crippen LogP contribution in [0.2, 0.25) is 0 Å². The number of hydrogen-bond acceptors (Lipinski definition) is 2. The molecule has 0 atom stereocenters. The van der Waals surface area contributed by atoms with Crippen molar-refractivity contribution in [2.24, 2.45) is 0 Å².